The van der Waals surface area contributed by atoms with E-state index in [0.29, 0.717) is 6.54 Å². The molecule has 3 nitrogen and oxygen atoms in total. The molecule has 0 saturated carbocycles. The van der Waals surface area contributed by atoms with Gasteiger partial charge in [0.15, 0.2) is 0 Å². The van der Waals surface area contributed by atoms with Crippen molar-refractivity contribution in [2.75, 3.05) is 16.6 Å². The first-order chi connectivity index (χ1) is 11.0. The number of fused-ring (bicyclic) bond motifs is 1. The SMILES string of the molecule is Cc1ccc(/C=C/S(=O)(=O)N2CCSc3ccccc32)cc1C. The summed E-state index contributed by atoms with van der Waals surface area (Å²) in [6.07, 6.45) is 1.67. The molecule has 0 unspecified atom stereocenters. The van der Waals surface area contributed by atoms with E-state index in [0.717, 1.165) is 27.5 Å². The molecule has 0 amide bonds. The van der Waals surface area contributed by atoms with Gasteiger partial charge in [-0.1, -0.05) is 30.3 Å². The van der Waals surface area contributed by atoms with Crippen LogP contribution in [-0.2, 0) is 10.0 Å². The smallest absolute Gasteiger partial charge is 0.257 e. The molecule has 23 heavy (non-hydrogen) atoms. The van der Waals surface area contributed by atoms with E-state index in [2.05, 4.69) is 0 Å². The monoisotopic (exact) mass is 345 g/mol. The van der Waals surface area contributed by atoms with E-state index in [1.54, 1.807) is 17.8 Å². The van der Waals surface area contributed by atoms with Crippen molar-refractivity contribution in [2.24, 2.45) is 0 Å². The third kappa shape index (κ3) is 3.46. The molecule has 120 valence electrons. The summed E-state index contributed by atoms with van der Waals surface area (Å²) in [6, 6.07) is 13.6. The quantitative estimate of drug-likeness (QED) is 0.836. The van der Waals surface area contributed by atoms with Crippen molar-refractivity contribution in [2.45, 2.75) is 18.7 Å². The molecular formula is C18H19NO2S2. The third-order valence-electron chi connectivity index (χ3n) is 3.96. The zero-order valence-corrected chi connectivity index (χ0v) is 14.8. The van der Waals surface area contributed by atoms with E-state index < -0.39 is 10.0 Å². The van der Waals surface area contributed by atoms with Gasteiger partial charge in [-0.2, -0.15) is 0 Å². The fraction of sp³-hybridized carbons (Fsp3) is 0.222. The predicted octanol–water partition coefficient (Wildman–Crippen LogP) is 4.22. The molecule has 3 rings (SSSR count). The van der Waals surface area contributed by atoms with Gasteiger partial charge in [0.1, 0.15) is 0 Å². The number of hydrogen-bond acceptors (Lipinski definition) is 3. The molecule has 0 spiro atoms. The van der Waals surface area contributed by atoms with Gasteiger partial charge in [-0.25, -0.2) is 8.42 Å². The lowest BCUT2D eigenvalue weighted by atomic mass is 10.1. The maximum atomic E-state index is 12.7. The number of rotatable bonds is 3. The minimum Gasteiger partial charge on any atom is -0.265 e. The van der Waals surface area contributed by atoms with E-state index in [-0.39, 0.29) is 0 Å². The highest BCUT2D eigenvalue weighted by Gasteiger charge is 2.25. The maximum Gasteiger partial charge on any atom is 0.257 e. The Kier molecular flexibility index (Phi) is 4.50. The number of nitrogens with zero attached hydrogens (tertiary/aromatic N) is 1. The molecule has 0 saturated heterocycles. The van der Waals surface area contributed by atoms with Crippen LogP contribution in [0.4, 0.5) is 5.69 Å². The Morgan fingerprint density at radius 3 is 2.65 bits per heavy atom. The number of thioether (sulfide) groups is 1. The average Bonchev–Trinajstić information content (AvgIpc) is 2.55. The van der Waals surface area contributed by atoms with Gasteiger partial charge >= 0.3 is 0 Å². The lowest BCUT2D eigenvalue weighted by Crippen LogP contribution is -2.33. The van der Waals surface area contributed by atoms with Gasteiger partial charge in [0, 0.05) is 17.2 Å². The van der Waals surface area contributed by atoms with Crippen LogP contribution >= 0.6 is 11.8 Å². The Morgan fingerprint density at radius 2 is 1.87 bits per heavy atom. The summed E-state index contributed by atoms with van der Waals surface area (Å²) in [4.78, 5) is 1.02. The Hall–Kier alpha value is -1.72. The summed E-state index contributed by atoms with van der Waals surface area (Å²) in [7, 11) is -3.48. The Bertz CT molecular complexity index is 857. The fourth-order valence-electron chi connectivity index (χ4n) is 2.51. The Labute approximate surface area is 142 Å². The largest absolute Gasteiger partial charge is 0.265 e. The minimum atomic E-state index is -3.48. The third-order valence-corrected chi connectivity index (χ3v) is 6.47. The molecule has 5 heteroatoms. The highest BCUT2D eigenvalue weighted by molar-refractivity contribution is 8.00. The van der Waals surface area contributed by atoms with Gasteiger partial charge in [-0.05, 0) is 48.7 Å². The summed E-state index contributed by atoms with van der Waals surface area (Å²) in [5.74, 6) is 0.772. The van der Waals surface area contributed by atoms with Crippen molar-refractivity contribution in [3.63, 3.8) is 0 Å². The molecule has 0 bridgehead atoms. The van der Waals surface area contributed by atoms with Gasteiger partial charge in [-0.3, -0.25) is 4.31 Å². The standard InChI is InChI=1S/C18H19NO2S2/c1-14-7-8-16(13-15(14)2)9-12-23(20,21)19-10-11-22-18-6-4-3-5-17(18)19/h3-9,12-13H,10-11H2,1-2H3/b12-9+. The first kappa shape index (κ1) is 16.1. The second-order valence-corrected chi connectivity index (χ2v) is 8.46. The normalized spacial score (nSPS) is 15.0. The highest BCUT2D eigenvalue weighted by Crippen LogP contribution is 2.36. The van der Waals surface area contributed by atoms with E-state index >= 15 is 0 Å². The average molecular weight is 345 g/mol. The Morgan fingerprint density at radius 1 is 1.09 bits per heavy atom. The van der Waals surface area contributed by atoms with E-state index in [1.807, 2.05) is 56.3 Å². The first-order valence-corrected chi connectivity index (χ1v) is 9.96. The Balaban J connectivity index is 1.90. The van der Waals surface area contributed by atoms with Gasteiger partial charge in [0.25, 0.3) is 10.0 Å². The molecule has 1 aliphatic heterocycles. The summed E-state index contributed by atoms with van der Waals surface area (Å²) in [5.41, 5.74) is 4.03. The number of hydrogen-bond donors (Lipinski definition) is 0. The van der Waals surface area contributed by atoms with Crippen LogP contribution in [0, 0.1) is 13.8 Å². The molecule has 1 aliphatic rings. The van der Waals surface area contributed by atoms with Crippen LogP contribution in [0.1, 0.15) is 16.7 Å². The second-order valence-electron chi connectivity index (χ2n) is 5.58. The number of benzene rings is 2. The van der Waals surface area contributed by atoms with Gasteiger partial charge < -0.3 is 0 Å². The van der Waals surface area contributed by atoms with E-state index in [9.17, 15) is 8.42 Å². The summed E-state index contributed by atoms with van der Waals surface area (Å²) < 4.78 is 26.9. The lowest BCUT2D eigenvalue weighted by molar-refractivity contribution is 0.600. The fourth-order valence-corrected chi connectivity index (χ4v) is 4.94. The number of sulfonamides is 1. The number of anilines is 1. The van der Waals surface area contributed by atoms with Gasteiger partial charge in [0.05, 0.1) is 11.1 Å². The second kappa shape index (κ2) is 6.42. The topological polar surface area (TPSA) is 37.4 Å². The van der Waals surface area contributed by atoms with Crippen LogP contribution < -0.4 is 4.31 Å². The van der Waals surface area contributed by atoms with Crippen LogP contribution in [0.5, 0.6) is 0 Å². The van der Waals surface area contributed by atoms with Crippen molar-refractivity contribution < 1.29 is 8.42 Å². The van der Waals surface area contributed by atoms with Crippen molar-refractivity contribution in [3.05, 3.63) is 64.6 Å². The molecule has 0 N–H and O–H groups in total. The van der Waals surface area contributed by atoms with Crippen LogP contribution in [-0.4, -0.2) is 20.7 Å². The lowest BCUT2D eigenvalue weighted by Gasteiger charge is -2.28. The molecular weight excluding hydrogens is 326 g/mol. The molecule has 0 atom stereocenters. The minimum absolute atomic E-state index is 0.501. The first-order valence-electron chi connectivity index (χ1n) is 7.47. The summed E-state index contributed by atoms with van der Waals surface area (Å²) >= 11 is 1.70. The molecule has 2 aromatic rings. The van der Waals surface area contributed by atoms with Gasteiger partial charge in [0.2, 0.25) is 0 Å². The molecule has 1 heterocycles. The zero-order chi connectivity index (χ0) is 16.4. The van der Waals surface area contributed by atoms with Gasteiger partial charge in [-0.15, -0.1) is 11.8 Å². The van der Waals surface area contributed by atoms with Crippen LogP contribution in [0.15, 0.2) is 52.8 Å². The van der Waals surface area contributed by atoms with E-state index in [1.165, 1.54) is 15.3 Å². The molecule has 0 fully saturated rings. The number of para-hydroxylation sites is 1. The molecule has 0 aliphatic carbocycles. The summed E-state index contributed by atoms with van der Waals surface area (Å²) in [5, 5.41) is 1.31. The zero-order valence-electron chi connectivity index (χ0n) is 13.2. The van der Waals surface area contributed by atoms with Crippen molar-refractivity contribution in [1.29, 1.82) is 0 Å². The summed E-state index contributed by atoms with van der Waals surface area (Å²) in [6.45, 7) is 4.57. The number of aryl methyl sites for hydroxylation is 2. The molecule has 2 aromatic carbocycles. The van der Waals surface area contributed by atoms with Crippen LogP contribution in [0.25, 0.3) is 6.08 Å². The molecule has 0 aromatic heterocycles. The van der Waals surface area contributed by atoms with Crippen molar-refractivity contribution in [3.8, 4) is 0 Å². The van der Waals surface area contributed by atoms with Crippen molar-refractivity contribution in [1.82, 2.24) is 0 Å². The van der Waals surface area contributed by atoms with Crippen LogP contribution in [0.2, 0.25) is 0 Å². The van der Waals surface area contributed by atoms with Crippen molar-refractivity contribution >= 4 is 33.5 Å². The maximum absolute atomic E-state index is 12.7. The van der Waals surface area contributed by atoms with Crippen LogP contribution in [0.3, 0.4) is 0 Å². The highest BCUT2D eigenvalue weighted by atomic mass is 32.2. The van der Waals surface area contributed by atoms with E-state index in [4.69, 9.17) is 0 Å². The predicted molar refractivity (Wildman–Crippen MR) is 98.4 cm³/mol. The molecule has 0 radical (unpaired) electrons.